The third-order valence-corrected chi connectivity index (χ3v) is 4.05. The van der Waals surface area contributed by atoms with Crippen LogP contribution in [-0.2, 0) is 0 Å². The molecule has 1 N–H and O–H groups in total. The topological polar surface area (TPSA) is 32.3 Å². The predicted octanol–water partition coefficient (Wildman–Crippen LogP) is 4.71. The smallest absolute Gasteiger partial charge is 0.317 e. The molecule has 0 radical (unpaired) electrons. The van der Waals surface area contributed by atoms with Gasteiger partial charge in [-0.2, -0.15) is 0 Å². The number of hydrogen-bond acceptors (Lipinski definition) is 1. The predicted molar refractivity (Wildman–Crippen MR) is 85.6 cm³/mol. The molecule has 0 saturated carbocycles. The van der Waals surface area contributed by atoms with Gasteiger partial charge in [0.15, 0.2) is 0 Å². The molecule has 1 fully saturated rings. The molecule has 0 spiro atoms. The molecule has 2 amide bonds. The third kappa shape index (κ3) is 3.19. The molecule has 2 aromatic rings. The number of nitrogens with one attached hydrogen (secondary N) is 1. The Morgan fingerprint density at radius 3 is 2.52 bits per heavy atom. The molecule has 108 valence electrons. The molecule has 1 aliphatic rings. The van der Waals surface area contributed by atoms with Crippen molar-refractivity contribution in [2.24, 2.45) is 0 Å². The van der Waals surface area contributed by atoms with Crippen LogP contribution < -0.4 is 5.32 Å². The number of rotatable bonds is 2. The summed E-state index contributed by atoms with van der Waals surface area (Å²) in [5, 5.41) is 3.60. The highest BCUT2D eigenvalue weighted by atomic mass is 35.5. The lowest BCUT2D eigenvalue weighted by atomic mass is 10.1. The summed E-state index contributed by atoms with van der Waals surface area (Å²) in [4.78, 5) is 14.4. The summed E-state index contributed by atoms with van der Waals surface area (Å²) in [6, 6.07) is 17.5. The van der Waals surface area contributed by atoms with Crippen molar-refractivity contribution < 1.29 is 4.79 Å². The molecule has 0 aliphatic carbocycles. The van der Waals surface area contributed by atoms with Gasteiger partial charge in [-0.1, -0.05) is 41.9 Å². The van der Waals surface area contributed by atoms with Crippen LogP contribution in [0, 0.1) is 0 Å². The zero-order valence-electron chi connectivity index (χ0n) is 11.6. The number of carbonyl (C=O) groups is 1. The average Bonchev–Trinajstić information content (AvgIpc) is 3.00. The van der Waals surface area contributed by atoms with E-state index in [4.69, 9.17) is 11.6 Å². The molecule has 1 saturated heterocycles. The summed E-state index contributed by atoms with van der Waals surface area (Å²) in [6.07, 6.45) is 2.05. The van der Waals surface area contributed by atoms with E-state index in [0.29, 0.717) is 5.02 Å². The van der Waals surface area contributed by atoms with Gasteiger partial charge in [-0.15, -0.1) is 0 Å². The van der Waals surface area contributed by atoms with Crippen molar-refractivity contribution >= 4 is 23.3 Å². The molecule has 1 unspecified atom stereocenters. The number of likely N-dealkylation sites (tertiary alicyclic amines) is 1. The van der Waals surface area contributed by atoms with Crippen molar-refractivity contribution in [2.75, 3.05) is 11.9 Å². The maximum Gasteiger partial charge on any atom is 0.322 e. The van der Waals surface area contributed by atoms with Crippen molar-refractivity contribution in [3.63, 3.8) is 0 Å². The van der Waals surface area contributed by atoms with Gasteiger partial charge < -0.3 is 10.2 Å². The molecule has 1 aliphatic heterocycles. The van der Waals surface area contributed by atoms with E-state index in [1.807, 2.05) is 35.2 Å². The van der Waals surface area contributed by atoms with Crippen molar-refractivity contribution in [1.82, 2.24) is 4.90 Å². The Morgan fingerprint density at radius 2 is 1.81 bits per heavy atom. The molecule has 0 aromatic heterocycles. The van der Waals surface area contributed by atoms with E-state index in [2.05, 4.69) is 17.4 Å². The Bertz CT molecular complexity index is 612. The highest BCUT2D eigenvalue weighted by molar-refractivity contribution is 6.30. The second-order valence-corrected chi connectivity index (χ2v) is 5.64. The molecule has 3 nitrogen and oxygen atoms in total. The maximum absolute atomic E-state index is 12.5. The maximum atomic E-state index is 12.5. The Labute approximate surface area is 129 Å². The number of hydrogen-bond donors (Lipinski definition) is 1. The number of benzene rings is 2. The Kier molecular flexibility index (Phi) is 4.11. The monoisotopic (exact) mass is 300 g/mol. The van der Waals surface area contributed by atoms with Gasteiger partial charge in [0.25, 0.3) is 0 Å². The van der Waals surface area contributed by atoms with E-state index in [9.17, 15) is 4.79 Å². The third-order valence-electron chi connectivity index (χ3n) is 3.79. The lowest BCUT2D eigenvalue weighted by molar-refractivity contribution is 0.207. The van der Waals surface area contributed by atoms with Gasteiger partial charge in [0.1, 0.15) is 0 Å². The van der Waals surface area contributed by atoms with Crippen LogP contribution in [0.4, 0.5) is 10.5 Å². The van der Waals surface area contributed by atoms with Gasteiger partial charge in [-0.3, -0.25) is 0 Å². The van der Waals surface area contributed by atoms with Crippen molar-refractivity contribution in [3.8, 4) is 0 Å². The minimum atomic E-state index is -0.0522. The van der Waals surface area contributed by atoms with Gasteiger partial charge in [-0.25, -0.2) is 4.79 Å². The number of halogens is 1. The quantitative estimate of drug-likeness (QED) is 0.856. The Hall–Kier alpha value is -2.00. The summed E-state index contributed by atoms with van der Waals surface area (Å²) in [7, 11) is 0. The van der Waals surface area contributed by atoms with Crippen LogP contribution in [0.15, 0.2) is 54.6 Å². The molecule has 1 heterocycles. The minimum Gasteiger partial charge on any atom is -0.317 e. The Morgan fingerprint density at radius 1 is 1.10 bits per heavy atom. The van der Waals surface area contributed by atoms with Crippen LogP contribution >= 0.6 is 11.6 Å². The summed E-state index contributed by atoms with van der Waals surface area (Å²) >= 11 is 5.86. The zero-order chi connectivity index (χ0) is 14.7. The van der Waals surface area contributed by atoms with Gasteiger partial charge in [0.2, 0.25) is 0 Å². The molecule has 0 bridgehead atoms. The van der Waals surface area contributed by atoms with Crippen LogP contribution in [0.1, 0.15) is 24.4 Å². The number of amides is 2. The summed E-state index contributed by atoms with van der Waals surface area (Å²) < 4.78 is 0. The second-order valence-electron chi connectivity index (χ2n) is 5.20. The van der Waals surface area contributed by atoms with Crippen molar-refractivity contribution in [3.05, 3.63) is 65.2 Å². The molecular weight excluding hydrogens is 284 g/mol. The number of carbonyl (C=O) groups excluding carboxylic acids is 1. The number of urea groups is 1. The highest BCUT2D eigenvalue weighted by Crippen LogP contribution is 2.32. The molecular formula is C17H17ClN2O. The fourth-order valence-corrected chi connectivity index (χ4v) is 2.89. The fourth-order valence-electron chi connectivity index (χ4n) is 2.76. The van der Waals surface area contributed by atoms with E-state index in [0.717, 1.165) is 25.1 Å². The van der Waals surface area contributed by atoms with Crippen LogP contribution in [-0.4, -0.2) is 17.5 Å². The summed E-state index contributed by atoms with van der Waals surface area (Å²) in [6.45, 7) is 0.791. The highest BCUT2D eigenvalue weighted by Gasteiger charge is 2.29. The van der Waals surface area contributed by atoms with E-state index >= 15 is 0 Å². The number of anilines is 1. The Balaban J connectivity index is 1.73. The van der Waals surface area contributed by atoms with Crippen LogP contribution in [0.3, 0.4) is 0 Å². The normalized spacial score (nSPS) is 17.8. The van der Waals surface area contributed by atoms with E-state index < -0.39 is 0 Å². The lowest BCUT2D eigenvalue weighted by Gasteiger charge is -2.25. The van der Waals surface area contributed by atoms with E-state index in [-0.39, 0.29) is 12.1 Å². The SMILES string of the molecule is O=C(Nc1ccc(Cl)cc1)N1CCCC1c1ccccc1. The van der Waals surface area contributed by atoms with Gasteiger partial charge >= 0.3 is 6.03 Å². The van der Waals surface area contributed by atoms with Gasteiger partial charge in [-0.05, 0) is 42.7 Å². The summed E-state index contributed by atoms with van der Waals surface area (Å²) in [5.41, 5.74) is 1.96. The summed E-state index contributed by atoms with van der Waals surface area (Å²) in [5.74, 6) is 0. The first-order valence-electron chi connectivity index (χ1n) is 7.12. The molecule has 2 aromatic carbocycles. The average molecular weight is 301 g/mol. The first-order valence-corrected chi connectivity index (χ1v) is 7.50. The van der Waals surface area contributed by atoms with Crippen LogP contribution in [0.25, 0.3) is 0 Å². The van der Waals surface area contributed by atoms with E-state index in [1.54, 1.807) is 12.1 Å². The first kappa shape index (κ1) is 14.0. The molecule has 21 heavy (non-hydrogen) atoms. The van der Waals surface area contributed by atoms with E-state index in [1.165, 1.54) is 5.56 Å². The zero-order valence-corrected chi connectivity index (χ0v) is 12.4. The van der Waals surface area contributed by atoms with Crippen molar-refractivity contribution in [1.29, 1.82) is 0 Å². The lowest BCUT2D eigenvalue weighted by Crippen LogP contribution is -2.34. The minimum absolute atomic E-state index is 0.0522. The molecule has 1 atom stereocenters. The largest absolute Gasteiger partial charge is 0.322 e. The van der Waals surface area contributed by atoms with Gasteiger partial charge in [0, 0.05) is 17.3 Å². The van der Waals surface area contributed by atoms with Crippen LogP contribution in [0.5, 0.6) is 0 Å². The fraction of sp³-hybridized carbons (Fsp3) is 0.235. The standard InChI is InChI=1S/C17H17ClN2O/c18-14-8-10-15(11-9-14)19-17(21)20-12-4-7-16(20)13-5-2-1-3-6-13/h1-3,5-6,8-11,16H,4,7,12H2,(H,19,21). The molecule has 4 heteroatoms. The number of nitrogens with zero attached hydrogens (tertiary/aromatic N) is 1. The second kappa shape index (κ2) is 6.19. The van der Waals surface area contributed by atoms with Crippen LogP contribution in [0.2, 0.25) is 5.02 Å². The molecule has 3 rings (SSSR count). The van der Waals surface area contributed by atoms with Crippen molar-refractivity contribution in [2.45, 2.75) is 18.9 Å². The van der Waals surface area contributed by atoms with Gasteiger partial charge in [0.05, 0.1) is 6.04 Å². The first-order chi connectivity index (χ1) is 10.2.